The van der Waals surface area contributed by atoms with E-state index in [2.05, 4.69) is 45.9 Å². The highest BCUT2D eigenvalue weighted by Gasteiger charge is 2.21. The standard InChI is InChI=1S/C21H37N.ClH/c1-5-7-8-9-10-11-12-13-15-19-16-14-17-20(18(19)3)21(4,22)6-2;/h14,16-17H,5-13,15,22H2,1-4H3;1H. The Morgan fingerprint density at radius 3 is 2.04 bits per heavy atom. The van der Waals surface area contributed by atoms with Crippen molar-refractivity contribution >= 4 is 12.4 Å². The van der Waals surface area contributed by atoms with E-state index in [1.165, 1.54) is 74.5 Å². The maximum atomic E-state index is 6.44. The molecule has 134 valence electrons. The van der Waals surface area contributed by atoms with Crippen molar-refractivity contribution in [2.75, 3.05) is 0 Å². The van der Waals surface area contributed by atoms with Gasteiger partial charge in [0, 0.05) is 5.54 Å². The van der Waals surface area contributed by atoms with Crippen molar-refractivity contribution in [2.24, 2.45) is 5.73 Å². The van der Waals surface area contributed by atoms with Crippen molar-refractivity contribution in [2.45, 2.75) is 97.4 Å². The maximum absolute atomic E-state index is 6.44. The van der Waals surface area contributed by atoms with Gasteiger partial charge in [0.05, 0.1) is 0 Å². The number of unbranched alkanes of at least 4 members (excludes halogenated alkanes) is 7. The Morgan fingerprint density at radius 1 is 0.913 bits per heavy atom. The summed E-state index contributed by atoms with van der Waals surface area (Å²) in [5, 5.41) is 0. The third-order valence-corrected chi connectivity index (χ3v) is 5.10. The fourth-order valence-electron chi connectivity index (χ4n) is 3.21. The monoisotopic (exact) mass is 339 g/mol. The fourth-order valence-corrected chi connectivity index (χ4v) is 3.21. The SMILES string of the molecule is CCCCCCCCCCc1cccc(C(C)(N)CC)c1C.Cl. The van der Waals surface area contributed by atoms with E-state index in [9.17, 15) is 0 Å². The van der Waals surface area contributed by atoms with Crippen LogP contribution in [0, 0.1) is 6.92 Å². The second-order valence-corrected chi connectivity index (χ2v) is 7.09. The van der Waals surface area contributed by atoms with Crippen molar-refractivity contribution in [3.63, 3.8) is 0 Å². The minimum atomic E-state index is -0.195. The predicted molar refractivity (Wildman–Crippen MR) is 107 cm³/mol. The zero-order chi connectivity index (χ0) is 16.4. The Kier molecular flexibility index (Phi) is 11.6. The lowest BCUT2D eigenvalue weighted by Gasteiger charge is -2.26. The first-order valence-electron chi connectivity index (χ1n) is 9.40. The number of aryl methyl sites for hydroxylation is 1. The van der Waals surface area contributed by atoms with E-state index in [-0.39, 0.29) is 17.9 Å². The number of halogens is 1. The van der Waals surface area contributed by atoms with Crippen LogP contribution in [0.5, 0.6) is 0 Å². The van der Waals surface area contributed by atoms with Gasteiger partial charge in [-0.2, -0.15) is 0 Å². The first kappa shape index (κ1) is 22.5. The summed E-state index contributed by atoms with van der Waals surface area (Å²) >= 11 is 0. The molecule has 1 nitrogen and oxygen atoms in total. The molecule has 0 aliphatic carbocycles. The average Bonchev–Trinajstić information content (AvgIpc) is 2.51. The van der Waals surface area contributed by atoms with Crippen molar-refractivity contribution in [3.05, 3.63) is 34.9 Å². The Balaban J connectivity index is 0.00000484. The van der Waals surface area contributed by atoms with Gasteiger partial charge in [-0.05, 0) is 49.8 Å². The lowest BCUT2D eigenvalue weighted by atomic mass is 9.84. The molecule has 2 N–H and O–H groups in total. The van der Waals surface area contributed by atoms with E-state index in [1.54, 1.807) is 0 Å². The highest BCUT2D eigenvalue weighted by Crippen LogP contribution is 2.27. The molecule has 0 radical (unpaired) electrons. The van der Waals surface area contributed by atoms with E-state index >= 15 is 0 Å². The molecule has 23 heavy (non-hydrogen) atoms. The van der Waals surface area contributed by atoms with Gasteiger partial charge in [-0.15, -0.1) is 12.4 Å². The minimum absolute atomic E-state index is 0. The molecule has 1 unspecified atom stereocenters. The van der Waals surface area contributed by atoms with Crippen LogP contribution < -0.4 is 5.73 Å². The van der Waals surface area contributed by atoms with Crippen LogP contribution in [0.15, 0.2) is 18.2 Å². The molecule has 0 bridgehead atoms. The van der Waals surface area contributed by atoms with Crippen molar-refractivity contribution < 1.29 is 0 Å². The molecule has 1 atom stereocenters. The van der Waals surface area contributed by atoms with Gasteiger partial charge in [0.2, 0.25) is 0 Å². The second-order valence-electron chi connectivity index (χ2n) is 7.09. The Labute approximate surface area is 150 Å². The molecular formula is C21H38ClN. The summed E-state index contributed by atoms with van der Waals surface area (Å²) in [5.74, 6) is 0. The van der Waals surface area contributed by atoms with E-state index in [0.29, 0.717) is 0 Å². The Bertz CT molecular complexity index is 426. The molecule has 1 aromatic rings. The summed E-state index contributed by atoms with van der Waals surface area (Å²) < 4.78 is 0. The van der Waals surface area contributed by atoms with E-state index in [1.807, 2.05) is 0 Å². The van der Waals surface area contributed by atoms with Crippen molar-refractivity contribution in [1.29, 1.82) is 0 Å². The highest BCUT2D eigenvalue weighted by molar-refractivity contribution is 5.85. The summed E-state index contributed by atoms with van der Waals surface area (Å²) in [6.07, 6.45) is 13.3. The molecule has 2 heteroatoms. The van der Waals surface area contributed by atoms with Crippen molar-refractivity contribution in [3.8, 4) is 0 Å². The molecule has 0 aliphatic heterocycles. The summed E-state index contributed by atoms with van der Waals surface area (Å²) in [6.45, 7) is 8.84. The van der Waals surface area contributed by atoms with Crippen LogP contribution in [0.4, 0.5) is 0 Å². The first-order valence-corrected chi connectivity index (χ1v) is 9.40. The number of hydrogen-bond donors (Lipinski definition) is 1. The van der Waals surface area contributed by atoms with Gasteiger partial charge in [-0.25, -0.2) is 0 Å². The Morgan fingerprint density at radius 2 is 1.48 bits per heavy atom. The Hall–Kier alpha value is -0.530. The molecule has 0 heterocycles. The van der Waals surface area contributed by atoms with Crippen LogP contribution in [0.3, 0.4) is 0 Å². The number of rotatable bonds is 11. The van der Waals surface area contributed by atoms with Crippen LogP contribution in [-0.2, 0) is 12.0 Å². The zero-order valence-corrected chi connectivity index (χ0v) is 16.6. The van der Waals surface area contributed by atoms with E-state index in [4.69, 9.17) is 5.73 Å². The van der Waals surface area contributed by atoms with Gasteiger partial charge < -0.3 is 5.73 Å². The lowest BCUT2D eigenvalue weighted by molar-refractivity contribution is 0.473. The molecule has 0 fully saturated rings. The summed E-state index contributed by atoms with van der Waals surface area (Å²) in [6, 6.07) is 6.67. The normalized spacial score (nSPS) is 13.4. The van der Waals surface area contributed by atoms with E-state index < -0.39 is 0 Å². The summed E-state index contributed by atoms with van der Waals surface area (Å²) in [7, 11) is 0. The molecule has 1 aromatic carbocycles. The fraction of sp³-hybridized carbons (Fsp3) is 0.714. The predicted octanol–water partition coefficient (Wildman–Crippen LogP) is 6.68. The smallest absolute Gasteiger partial charge is 0.0381 e. The third-order valence-electron chi connectivity index (χ3n) is 5.10. The second kappa shape index (κ2) is 11.9. The molecule has 0 spiro atoms. The van der Waals surface area contributed by atoms with Gasteiger partial charge in [0.15, 0.2) is 0 Å². The molecule has 0 aromatic heterocycles. The van der Waals surface area contributed by atoms with Crippen LogP contribution in [0.1, 0.15) is 95.2 Å². The third kappa shape index (κ3) is 7.72. The molecule has 0 amide bonds. The van der Waals surface area contributed by atoms with Crippen LogP contribution >= 0.6 is 12.4 Å². The van der Waals surface area contributed by atoms with Crippen molar-refractivity contribution in [1.82, 2.24) is 0 Å². The topological polar surface area (TPSA) is 26.0 Å². The van der Waals surface area contributed by atoms with Crippen LogP contribution in [0.25, 0.3) is 0 Å². The summed E-state index contributed by atoms with van der Waals surface area (Å²) in [5.41, 5.74) is 10.5. The molecular weight excluding hydrogens is 302 g/mol. The minimum Gasteiger partial charge on any atom is -0.322 e. The molecule has 0 saturated heterocycles. The van der Waals surface area contributed by atoms with Gasteiger partial charge in [-0.3, -0.25) is 0 Å². The van der Waals surface area contributed by atoms with E-state index in [0.717, 1.165) is 6.42 Å². The number of nitrogens with two attached hydrogens (primary N) is 1. The number of benzene rings is 1. The largest absolute Gasteiger partial charge is 0.322 e. The molecule has 0 saturated carbocycles. The van der Waals surface area contributed by atoms with Gasteiger partial charge in [0.25, 0.3) is 0 Å². The van der Waals surface area contributed by atoms with Gasteiger partial charge in [-0.1, -0.05) is 77.0 Å². The average molecular weight is 340 g/mol. The van der Waals surface area contributed by atoms with Gasteiger partial charge in [0.1, 0.15) is 0 Å². The van der Waals surface area contributed by atoms with Crippen LogP contribution in [0.2, 0.25) is 0 Å². The van der Waals surface area contributed by atoms with Crippen LogP contribution in [-0.4, -0.2) is 0 Å². The molecule has 0 aliphatic rings. The highest BCUT2D eigenvalue weighted by atomic mass is 35.5. The van der Waals surface area contributed by atoms with Gasteiger partial charge >= 0.3 is 0 Å². The number of hydrogen-bond acceptors (Lipinski definition) is 1. The summed E-state index contributed by atoms with van der Waals surface area (Å²) in [4.78, 5) is 0. The lowest BCUT2D eigenvalue weighted by Crippen LogP contribution is -2.33. The quantitative estimate of drug-likeness (QED) is 0.447. The molecule has 1 rings (SSSR count). The maximum Gasteiger partial charge on any atom is 0.0381 e. The first-order chi connectivity index (χ1) is 10.5. The zero-order valence-electron chi connectivity index (χ0n) is 15.8.